The lowest BCUT2D eigenvalue weighted by molar-refractivity contribution is 0.0793. The molecular weight excluding hydrogens is 172 g/mol. The lowest BCUT2D eigenvalue weighted by atomic mass is 9.97. The molecular formula is C8H12N2O3. The van der Waals surface area contributed by atoms with Gasteiger partial charge >= 0.3 is 5.56 Å². The van der Waals surface area contributed by atoms with Crippen LogP contribution in [0.3, 0.4) is 0 Å². The molecule has 1 fully saturated rings. The summed E-state index contributed by atoms with van der Waals surface area (Å²) in [6.07, 6.45) is 1.73. The fraction of sp³-hybridized carbons (Fsp3) is 0.625. The van der Waals surface area contributed by atoms with Crippen LogP contribution in [0.25, 0.3) is 0 Å². The summed E-state index contributed by atoms with van der Waals surface area (Å²) in [6.45, 7) is 1.41. The molecule has 0 aliphatic carbocycles. The Hall–Kier alpha value is -1.23. The molecule has 72 valence electrons. The van der Waals surface area contributed by atoms with Gasteiger partial charge in [-0.1, -0.05) is 0 Å². The van der Waals surface area contributed by atoms with Gasteiger partial charge in [0.2, 0.25) is 0 Å². The van der Waals surface area contributed by atoms with E-state index in [1.807, 2.05) is 0 Å². The molecule has 0 spiro atoms. The Morgan fingerprint density at radius 3 is 2.62 bits per heavy atom. The van der Waals surface area contributed by atoms with Crippen molar-refractivity contribution in [3.63, 3.8) is 0 Å². The molecule has 2 heterocycles. The lowest BCUT2D eigenvalue weighted by Gasteiger charge is -2.19. The summed E-state index contributed by atoms with van der Waals surface area (Å²) >= 11 is 0. The number of hydrogen-bond acceptors (Lipinski definition) is 4. The molecule has 1 aliphatic heterocycles. The molecule has 0 bridgehead atoms. The molecule has 0 unspecified atom stereocenters. The minimum atomic E-state index is -0.332. The maximum atomic E-state index is 11.0. The van der Waals surface area contributed by atoms with E-state index in [2.05, 4.69) is 5.16 Å². The van der Waals surface area contributed by atoms with E-state index in [1.165, 1.54) is 0 Å². The van der Waals surface area contributed by atoms with E-state index < -0.39 is 0 Å². The Balaban J connectivity index is 2.23. The fourth-order valence-electron chi connectivity index (χ4n) is 1.59. The molecule has 1 aromatic heterocycles. The second kappa shape index (κ2) is 3.26. The molecule has 0 atom stereocenters. The number of H-pyrrole nitrogens is 1. The third-order valence-corrected chi connectivity index (χ3v) is 2.36. The largest absolute Gasteiger partial charge is 0.391 e. The highest BCUT2D eigenvalue weighted by atomic mass is 16.5. The maximum Gasteiger partial charge on any atom is 0.303 e. The highest BCUT2D eigenvalue weighted by Gasteiger charge is 2.23. The van der Waals surface area contributed by atoms with E-state index in [4.69, 9.17) is 15.0 Å². The number of nitrogens with one attached hydrogen (secondary N) is 1. The Morgan fingerprint density at radius 1 is 1.38 bits per heavy atom. The Labute approximate surface area is 74.8 Å². The summed E-state index contributed by atoms with van der Waals surface area (Å²) in [5, 5.41) is 2.24. The van der Waals surface area contributed by atoms with E-state index in [1.54, 1.807) is 0 Å². The van der Waals surface area contributed by atoms with Crippen LogP contribution in [0.15, 0.2) is 9.32 Å². The van der Waals surface area contributed by atoms with Gasteiger partial charge in [-0.3, -0.25) is 4.79 Å². The van der Waals surface area contributed by atoms with E-state index in [0.717, 1.165) is 12.8 Å². The van der Waals surface area contributed by atoms with Crippen LogP contribution in [-0.4, -0.2) is 18.4 Å². The topological polar surface area (TPSA) is 81.2 Å². The monoisotopic (exact) mass is 184 g/mol. The van der Waals surface area contributed by atoms with Crippen LogP contribution in [0, 0.1) is 0 Å². The minimum Gasteiger partial charge on any atom is -0.391 e. The van der Waals surface area contributed by atoms with Crippen LogP contribution in [-0.2, 0) is 4.74 Å². The zero-order valence-electron chi connectivity index (χ0n) is 7.21. The molecule has 0 amide bonds. The average Bonchev–Trinajstić information content (AvgIpc) is 2.49. The third kappa shape index (κ3) is 1.47. The molecule has 1 saturated heterocycles. The summed E-state index contributed by atoms with van der Waals surface area (Å²) in [7, 11) is 0. The van der Waals surface area contributed by atoms with E-state index in [-0.39, 0.29) is 17.2 Å². The van der Waals surface area contributed by atoms with Gasteiger partial charge in [-0.15, -0.1) is 0 Å². The van der Waals surface area contributed by atoms with Crippen molar-refractivity contribution in [3.05, 3.63) is 16.1 Å². The minimum absolute atomic E-state index is 0.215. The predicted molar refractivity (Wildman–Crippen MR) is 46.5 cm³/mol. The van der Waals surface area contributed by atoms with E-state index >= 15 is 0 Å². The maximum absolute atomic E-state index is 11.0. The first kappa shape index (κ1) is 8.37. The number of aromatic amines is 1. The SMILES string of the molecule is Nc1c(C2CCOCC2)o[nH]c1=O. The number of hydrogen-bond donors (Lipinski definition) is 2. The zero-order chi connectivity index (χ0) is 9.26. The number of nitrogens with two attached hydrogens (primary N) is 1. The highest BCUT2D eigenvalue weighted by Crippen LogP contribution is 2.28. The van der Waals surface area contributed by atoms with Crippen molar-refractivity contribution >= 4 is 5.69 Å². The molecule has 0 saturated carbocycles. The Morgan fingerprint density at radius 2 is 2.08 bits per heavy atom. The van der Waals surface area contributed by atoms with Crippen LogP contribution >= 0.6 is 0 Å². The van der Waals surface area contributed by atoms with Crippen molar-refractivity contribution in [1.82, 2.24) is 5.16 Å². The van der Waals surface area contributed by atoms with Crippen LogP contribution in [0.4, 0.5) is 5.69 Å². The van der Waals surface area contributed by atoms with Gasteiger partial charge in [-0.05, 0) is 12.8 Å². The third-order valence-electron chi connectivity index (χ3n) is 2.36. The first-order valence-corrected chi connectivity index (χ1v) is 4.33. The summed E-state index contributed by atoms with van der Waals surface area (Å²) in [5.41, 5.74) is 5.44. The van der Waals surface area contributed by atoms with Gasteiger partial charge in [0, 0.05) is 19.1 Å². The van der Waals surface area contributed by atoms with Gasteiger partial charge in [0.05, 0.1) is 0 Å². The first-order valence-electron chi connectivity index (χ1n) is 4.33. The average molecular weight is 184 g/mol. The summed E-state index contributed by atoms with van der Waals surface area (Å²) < 4.78 is 10.2. The summed E-state index contributed by atoms with van der Waals surface area (Å²) in [4.78, 5) is 11.0. The van der Waals surface area contributed by atoms with Gasteiger partial charge in [-0.2, -0.15) is 5.16 Å². The normalized spacial score (nSPS) is 19.1. The molecule has 5 nitrogen and oxygen atoms in total. The van der Waals surface area contributed by atoms with Crippen molar-refractivity contribution in [1.29, 1.82) is 0 Å². The number of nitrogen functional groups attached to an aromatic ring is 1. The second-order valence-electron chi connectivity index (χ2n) is 3.20. The fourth-order valence-corrected chi connectivity index (χ4v) is 1.59. The van der Waals surface area contributed by atoms with Gasteiger partial charge < -0.3 is 15.0 Å². The molecule has 13 heavy (non-hydrogen) atoms. The van der Waals surface area contributed by atoms with Crippen molar-refractivity contribution in [3.8, 4) is 0 Å². The van der Waals surface area contributed by atoms with Gasteiger partial charge in [0.25, 0.3) is 0 Å². The van der Waals surface area contributed by atoms with Crippen molar-refractivity contribution in [2.75, 3.05) is 18.9 Å². The highest BCUT2D eigenvalue weighted by molar-refractivity contribution is 5.40. The zero-order valence-corrected chi connectivity index (χ0v) is 7.21. The predicted octanol–water partition coefficient (Wildman–Crippen LogP) is 0.444. The molecule has 2 rings (SSSR count). The molecule has 5 heteroatoms. The lowest BCUT2D eigenvalue weighted by Crippen LogP contribution is -2.15. The van der Waals surface area contributed by atoms with Crippen LogP contribution < -0.4 is 11.3 Å². The number of rotatable bonds is 1. The second-order valence-corrected chi connectivity index (χ2v) is 3.20. The molecule has 1 aromatic rings. The Bertz CT molecular complexity index is 335. The van der Waals surface area contributed by atoms with E-state index in [9.17, 15) is 4.79 Å². The summed E-state index contributed by atoms with van der Waals surface area (Å²) in [5.74, 6) is 0.820. The van der Waals surface area contributed by atoms with Crippen LogP contribution in [0.2, 0.25) is 0 Å². The molecule has 0 aromatic carbocycles. The van der Waals surface area contributed by atoms with Gasteiger partial charge in [0.15, 0.2) is 5.76 Å². The van der Waals surface area contributed by atoms with Crippen molar-refractivity contribution < 1.29 is 9.26 Å². The van der Waals surface area contributed by atoms with Crippen molar-refractivity contribution in [2.45, 2.75) is 18.8 Å². The van der Waals surface area contributed by atoms with Gasteiger partial charge in [-0.25, -0.2) is 0 Å². The standard InChI is InChI=1S/C8H12N2O3/c9-6-7(13-10-8(6)11)5-1-3-12-4-2-5/h5H,1-4,9H2,(H,10,11). The smallest absolute Gasteiger partial charge is 0.303 e. The van der Waals surface area contributed by atoms with Crippen molar-refractivity contribution in [2.24, 2.45) is 0 Å². The molecule has 3 N–H and O–H groups in total. The van der Waals surface area contributed by atoms with Gasteiger partial charge in [0.1, 0.15) is 5.69 Å². The molecule has 0 radical (unpaired) electrons. The van der Waals surface area contributed by atoms with Crippen LogP contribution in [0.1, 0.15) is 24.5 Å². The first-order chi connectivity index (χ1) is 6.29. The van der Waals surface area contributed by atoms with Crippen LogP contribution in [0.5, 0.6) is 0 Å². The summed E-state index contributed by atoms with van der Waals surface area (Å²) in [6, 6.07) is 0. The Kier molecular flexibility index (Phi) is 2.10. The molecule has 1 aliphatic rings. The number of ether oxygens (including phenoxy) is 1. The quantitative estimate of drug-likeness (QED) is 0.663. The number of aromatic nitrogens is 1. The van der Waals surface area contributed by atoms with E-state index in [0.29, 0.717) is 19.0 Å². The number of anilines is 1.